The van der Waals surface area contributed by atoms with E-state index in [1.165, 1.54) is 109 Å². The van der Waals surface area contributed by atoms with Crippen molar-refractivity contribution in [1.29, 1.82) is 0 Å². The summed E-state index contributed by atoms with van der Waals surface area (Å²) in [6.07, 6.45) is 0. The molecule has 0 saturated heterocycles. The Bertz CT molecular complexity index is 2960. The van der Waals surface area contributed by atoms with Crippen LogP contribution in [0, 0.1) is 0 Å². The molecule has 10 rings (SSSR count). The highest BCUT2D eigenvalue weighted by molar-refractivity contribution is 6.28. The predicted molar refractivity (Wildman–Crippen MR) is 228 cm³/mol. The van der Waals surface area contributed by atoms with Crippen molar-refractivity contribution in [2.45, 2.75) is 39.5 Å². The first-order valence-electron chi connectivity index (χ1n) is 18.7. The molecular weight excluding hydrogens is 625 g/mol. The molecule has 0 fully saturated rings. The Kier molecular flexibility index (Phi) is 6.99. The smallest absolute Gasteiger partial charge is 0.00199 e. The van der Waals surface area contributed by atoms with E-state index >= 15 is 0 Å². The van der Waals surface area contributed by atoms with Gasteiger partial charge in [0.1, 0.15) is 0 Å². The van der Waals surface area contributed by atoms with E-state index in [1.807, 2.05) is 0 Å². The first kappa shape index (κ1) is 30.8. The zero-order valence-corrected chi connectivity index (χ0v) is 30.2. The molecular formula is C52H40. The van der Waals surface area contributed by atoms with Crippen molar-refractivity contribution >= 4 is 75.4 Å². The summed E-state index contributed by atoms with van der Waals surface area (Å²) in [7, 11) is 0. The van der Waals surface area contributed by atoms with Gasteiger partial charge in [-0.15, -0.1) is 0 Å². The van der Waals surface area contributed by atoms with Crippen molar-refractivity contribution in [3.63, 3.8) is 0 Å². The van der Waals surface area contributed by atoms with E-state index in [1.54, 1.807) is 0 Å². The zero-order chi connectivity index (χ0) is 35.1. The molecule has 248 valence electrons. The first-order chi connectivity index (χ1) is 25.5. The maximum Gasteiger partial charge on any atom is -0.00199 e. The molecule has 0 N–H and O–H groups in total. The van der Waals surface area contributed by atoms with Crippen molar-refractivity contribution < 1.29 is 0 Å². The number of hydrogen-bond donors (Lipinski definition) is 0. The van der Waals surface area contributed by atoms with Crippen LogP contribution >= 0.6 is 0 Å². The minimum Gasteiger partial charge on any atom is -0.0616 e. The number of rotatable bonds is 4. The average molecular weight is 665 g/mol. The van der Waals surface area contributed by atoms with Gasteiger partial charge in [0.05, 0.1) is 0 Å². The van der Waals surface area contributed by atoms with Gasteiger partial charge >= 0.3 is 0 Å². The number of fused-ring (bicyclic) bond motifs is 11. The van der Waals surface area contributed by atoms with E-state index in [4.69, 9.17) is 0 Å². The Morgan fingerprint density at radius 1 is 0.288 bits per heavy atom. The molecule has 0 bridgehead atoms. The lowest BCUT2D eigenvalue weighted by Crippen LogP contribution is -1.93. The Balaban J connectivity index is 1.32. The largest absolute Gasteiger partial charge is 0.0616 e. The van der Waals surface area contributed by atoms with Crippen LogP contribution in [0.4, 0.5) is 0 Å². The summed E-state index contributed by atoms with van der Waals surface area (Å²) in [6, 6.07) is 59.8. The van der Waals surface area contributed by atoms with Gasteiger partial charge in [0.2, 0.25) is 0 Å². The maximum absolute atomic E-state index is 2.48. The minimum absolute atomic E-state index is 0.465. The molecule has 52 heavy (non-hydrogen) atoms. The van der Waals surface area contributed by atoms with Gasteiger partial charge < -0.3 is 0 Å². The van der Waals surface area contributed by atoms with E-state index in [9.17, 15) is 0 Å². The van der Waals surface area contributed by atoms with E-state index in [-0.39, 0.29) is 0 Å². The lowest BCUT2D eigenvalue weighted by Gasteiger charge is -2.20. The van der Waals surface area contributed by atoms with E-state index in [2.05, 4.69) is 185 Å². The van der Waals surface area contributed by atoms with Crippen molar-refractivity contribution in [3.05, 3.63) is 169 Å². The van der Waals surface area contributed by atoms with Gasteiger partial charge in [0, 0.05) is 0 Å². The molecule has 0 heterocycles. The highest BCUT2D eigenvalue weighted by Crippen LogP contribution is 2.48. The summed E-state index contributed by atoms with van der Waals surface area (Å²) in [5, 5.41) is 18.2. The summed E-state index contributed by atoms with van der Waals surface area (Å²) in [4.78, 5) is 0. The number of benzene rings is 10. The molecule has 10 aromatic carbocycles. The van der Waals surface area contributed by atoms with Gasteiger partial charge in [0.25, 0.3) is 0 Å². The number of hydrogen-bond acceptors (Lipinski definition) is 0. The van der Waals surface area contributed by atoms with Crippen LogP contribution in [0.3, 0.4) is 0 Å². The fourth-order valence-electron chi connectivity index (χ4n) is 8.91. The molecule has 0 aromatic heterocycles. The third-order valence-corrected chi connectivity index (χ3v) is 11.6. The molecule has 10 aromatic rings. The summed E-state index contributed by atoms with van der Waals surface area (Å²) in [5.74, 6) is 0.930. The normalized spacial score (nSPS) is 12.2. The third-order valence-electron chi connectivity index (χ3n) is 11.6. The highest BCUT2D eigenvalue weighted by atomic mass is 14.2. The van der Waals surface area contributed by atoms with Crippen molar-refractivity contribution in [3.8, 4) is 22.3 Å². The summed E-state index contributed by atoms with van der Waals surface area (Å²) in [5.41, 5.74) is 7.90. The average Bonchev–Trinajstić information content (AvgIpc) is 3.19. The van der Waals surface area contributed by atoms with Crippen LogP contribution in [0.25, 0.3) is 97.7 Å². The second-order valence-electron chi connectivity index (χ2n) is 15.2. The molecule has 0 nitrogen and oxygen atoms in total. The minimum atomic E-state index is 0.465. The van der Waals surface area contributed by atoms with Gasteiger partial charge in [-0.25, -0.2) is 0 Å². The van der Waals surface area contributed by atoms with E-state index in [0.717, 1.165) is 0 Å². The second-order valence-corrected chi connectivity index (χ2v) is 15.2. The Morgan fingerprint density at radius 2 is 0.692 bits per heavy atom. The fraction of sp³-hybridized carbons (Fsp3) is 0.115. The van der Waals surface area contributed by atoms with Crippen LogP contribution in [-0.4, -0.2) is 0 Å². The van der Waals surface area contributed by atoms with Crippen LogP contribution < -0.4 is 0 Å². The van der Waals surface area contributed by atoms with Gasteiger partial charge in [-0.1, -0.05) is 173 Å². The highest BCUT2D eigenvalue weighted by Gasteiger charge is 2.20. The van der Waals surface area contributed by atoms with E-state index < -0.39 is 0 Å². The molecule has 0 aliphatic rings. The van der Waals surface area contributed by atoms with Gasteiger partial charge in [-0.05, 0) is 133 Å². The monoisotopic (exact) mass is 664 g/mol. The standard InChI is InChI=1S/C52H40/c1-31(2)33-21-24-40-47-27-34(32(3)4)22-25-41(47)49-30-36(23-26-42(49)48(40)28-33)51-43-17-9-11-19-45(43)52(46-20-12-10-18-44(46)51)50-29-35-13-5-6-14-37(35)38-15-7-8-16-39(38)50/h5-32H,1-4H3. The lowest BCUT2D eigenvalue weighted by molar-refractivity contribution is 0.868. The second kappa shape index (κ2) is 11.8. The topological polar surface area (TPSA) is 0 Å². The zero-order valence-electron chi connectivity index (χ0n) is 30.2. The molecule has 0 radical (unpaired) electrons. The Hall–Kier alpha value is -5.98. The Morgan fingerprint density at radius 3 is 1.23 bits per heavy atom. The fourth-order valence-corrected chi connectivity index (χ4v) is 8.91. The molecule has 0 saturated carbocycles. The third kappa shape index (κ3) is 4.60. The van der Waals surface area contributed by atoms with Crippen molar-refractivity contribution in [2.24, 2.45) is 0 Å². The van der Waals surface area contributed by atoms with Crippen LogP contribution in [0.5, 0.6) is 0 Å². The quantitative estimate of drug-likeness (QED) is 0.130. The maximum atomic E-state index is 2.48. The molecule has 0 spiro atoms. The summed E-state index contributed by atoms with van der Waals surface area (Å²) in [6.45, 7) is 9.17. The van der Waals surface area contributed by atoms with Gasteiger partial charge in [0.15, 0.2) is 0 Å². The van der Waals surface area contributed by atoms with Gasteiger partial charge in [-0.2, -0.15) is 0 Å². The van der Waals surface area contributed by atoms with Crippen LogP contribution in [0.1, 0.15) is 50.7 Å². The molecule has 0 aliphatic heterocycles. The lowest BCUT2D eigenvalue weighted by atomic mass is 9.83. The summed E-state index contributed by atoms with van der Waals surface area (Å²) < 4.78 is 0. The first-order valence-corrected chi connectivity index (χ1v) is 18.7. The molecule has 0 aliphatic carbocycles. The van der Waals surface area contributed by atoms with Crippen molar-refractivity contribution in [2.75, 3.05) is 0 Å². The van der Waals surface area contributed by atoms with Crippen LogP contribution in [0.15, 0.2) is 158 Å². The van der Waals surface area contributed by atoms with Crippen molar-refractivity contribution in [1.82, 2.24) is 0 Å². The molecule has 0 atom stereocenters. The predicted octanol–water partition coefficient (Wildman–Crippen LogP) is 15.3. The van der Waals surface area contributed by atoms with Crippen LogP contribution in [0.2, 0.25) is 0 Å². The summed E-state index contributed by atoms with van der Waals surface area (Å²) >= 11 is 0. The molecule has 0 unspecified atom stereocenters. The van der Waals surface area contributed by atoms with E-state index in [0.29, 0.717) is 11.8 Å². The van der Waals surface area contributed by atoms with Gasteiger partial charge in [-0.3, -0.25) is 0 Å². The Labute approximate surface area is 305 Å². The molecule has 0 amide bonds. The van der Waals surface area contributed by atoms with Crippen LogP contribution in [-0.2, 0) is 0 Å². The molecule has 0 heteroatoms. The SMILES string of the molecule is CC(C)c1ccc2c(c1)c1ccc(-c3c4ccccc4c(-c4cc5ccccc5c5ccccc45)c4ccccc34)cc1c1ccc(C(C)C)cc12.